The van der Waals surface area contributed by atoms with Crippen LogP contribution < -0.4 is 0 Å². The van der Waals surface area contributed by atoms with Gasteiger partial charge in [0, 0.05) is 26.7 Å². The van der Waals surface area contributed by atoms with Crippen LogP contribution in [-0.2, 0) is 11.3 Å². The van der Waals surface area contributed by atoms with Gasteiger partial charge in [0.2, 0.25) is 0 Å². The predicted octanol–water partition coefficient (Wildman–Crippen LogP) is 1.67. The predicted molar refractivity (Wildman–Crippen MR) is 98.1 cm³/mol. The molecule has 8 nitrogen and oxygen atoms in total. The number of amides is 1. The van der Waals surface area contributed by atoms with Crippen LogP contribution in [0.5, 0.6) is 0 Å². The summed E-state index contributed by atoms with van der Waals surface area (Å²) in [6.07, 6.45) is 5.52. The van der Waals surface area contributed by atoms with E-state index >= 15 is 0 Å². The lowest BCUT2D eigenvalue weighted by atomic mass is 9.77. The van der Waals surface area contributed by atoms with Crippen LogP contribution in [0.3, 0.4) is 0 Å². The normalized spacial score (nSPS) is 27.9. The maximum absolute atomic E-state index is 12.6. The quantitative estimate of drug-likeness (QED) is 0.794. The Labute approximate surface area is 159 Å². The van der Waals surface area contributed by atoms with E-state index < -0.39 is 0 Å². The molecule has 2 aromatic rings. The highest BCUT2D eigenvalue weighted by molar-refractivity contribution is 5.91. The van der Waals surface area contributed by atoms with Crippen molar-refractivity contribution in [1.82, 2.24) is 24.8 Å². The molecule has 0 aromatic carbocycles. The topological polar surface area (TPSA) is 76.6 Å². The van der Waals surface area contributed by atoms with E-state index in [0.29, 0.717) is 17.6 Å². The Kier molecular flexibility index (Phi) is 5.01. The number of methoxy groups -OCH3 is 1. The Hall–Kier alpha value is -2.19. The molecular weight excluding hydrogens is 346 g/mol. The van der Waals surface area contributed by atoms with Gasteiger partial charge in [-0.25, -0.2) is 4.68 Å². The number of ether oxygens (including phenoxy) is 1. The molecule has 2 aromatic heterocycles. The molecule has 0 spiro atoms. The van der Waals surface area contributed by atoms with Crippen LogP contribution >= 0.6 is 0 Å². The first-order valence-electron chi connectivity index (χ1n) is 9.46. The third-order valence-electron chi connectivity index (χ3n) is 5.78. The molecule has 27 heavy (non-hydrogen) atoms. The van der Waals surface area contributed by atoms with Crippen LogP contribution in [0, 0.1) is 11.8 Å². The van der Waals surface area contributed by atoms with Crippen molar-refractivity contribution in [2.24, 2.45) is 11.8 Å². The molecule has 1 aliphatic carbocycles. The molecule has 4 atom stereocenters. The van der Waals surface area contributed by atoms with E-state index in [-0.39, 0.29) is 18.1 Å². The Bertz CT molecular complexity index is 772. The first-order valence-corrected chi connectivity index (χ1v) is 9.46. The summed E-state index contributed by atoms with van der Waals surface area (Å²) in [6, 6.07) is 3.63. The number of hydrogen-bond acceptors (Lipinski definition) is 6. The van der Waals surface area contributed by atoms with Gasteiger partial charge in [0.1, 0.15) is 0 Å². The molecule has 8 heteroatoms. The summed E-state index contributed by atoms with van der Waals surface area (Å²) in [7, 11) is 5.80. The minimum Gasteiger partial charge on any atom is -0.459 e. The number of rotatable bonds is 5. The summed E-state index contributed by atoms with van der Waals surface area (Å²) < 4.78 is 13.0. The number of carbonyl (C=O) groups excluding carboxylic acids is 1. The highest BCUT2D eigenvalue weighted by Gasteiger charge is 2.45. The number of fused-ring (bicyclic) bond motifs is 1. The highest BCUT2D eigenvalue weighted by atomic mass is 16.5. The van der Waals surface area contributed by atoms with Crippen LogP contribution in [0.2, 0.25) is 0 Å². The van der Waals surface area contributed by atoms with Crippen molar-refractivity contribution in [3.05, 3.63) is 36.0 Å². The number of furan rings is 1. The van der Waals surface area contributed by atoms with Crippen LogP contribution in [0.1, 0.15) is 35.1 Å². The van der Waals surface area contributed by atoms with Crippen molar-refractivity contribution < 1.29 is 13.9 Å². The van der Waals surface area contributed by atoms with Gasteiger partial charge >= 0.3 is 0 Å². The summed E-state index contributed by atoms with van der Waals surface area (Å²) in [6.45, 7) is 2.29. The summed E-state index contributed by atoms with van der Waals surface area (Å²) in [4.78, 5) is 16.6. The van der Waals surface area contributed by atoms with Crippen LogP contribution in [-0.4, -0.2) is 71.1 Å². The zero-order chi connectivity index (χ0) is 19.0. The van der Waals surface area contributed by atoms with E-state index in [4.69, 9.17) is 9.15 Å². The van der Waals surface area contributed by atoms with Crippen LogP contribution in [0.25, 0.3) is 0 Å². The first kappa shape index (κ1) is 18.2. The van der Waals surface area contributed by atoms with Gasteiger partial charge in [-0.1, -0.05) is 5.21 Å². The molecule has 1 saturated heterocycles. The van der Waals surface area contributed by atoms with Gasteiger partial charge in [0.25, 0.3) is 5.91 Å². The molecular formula is C19H27N5O3. The summed E-state index contributed by atoms with van der Waals surface area (Å²) in [5.74, 6) is 1.30. The molecule has 0 bridgehead atoms. The number of carbonyl (C=O) groups is 1. The SMILES string of the molecule is CO[C@@H]1C[C@H]2CN(C(=O)c3ccco3)C[C@H]2C[C@H]1n1cc(CN(C)C)nn1. The van der Waals surface area contributed by atoms with Gasteiger partial charge in [-0.15, -0.1) is 5.10 Å². The van der Waals surface area contributed by atoms with Crippen molar-refractivity contribution in [1.29, 1.82) is 0 Å². The van der Waals surface area contributed by atoms with Gasteiger partial charge in [-0.3, -0.25) is 4.79 Å². The second kappa shape index (κ2) is 7.44. The van der Waals surface area contributed by atoms with Gasteiger partial charge < -0.3 is 19.0 Å². The molecule has 0 N–H and O–H groups in total. The summed E-state index contributed by atoms with van der Waals surface area (Å²) in [5, 5.41) is 8.67. The van der Waals surface area contributed by atoms with Gasteiger partial charge in [-0.2, -0.15) is 0 Å². The second-order valence-electron chi connectivity index (χ2n) is 7.95. The average Bonchev–Trinajstić information content (AvgIpc) is 3.39. The lowest BCUT2D eigenvalue weighted by Crippen LogP contribution is -2.37. The highest BCUT2D eigenvalue weighted by Crippen LogP contribution is 2.42. The molecule has 1 amide bonds. The maximum atomic E-state index is 12.6. The van der Waals surface area contributed by atoms with E-state index in [1.165, 1.54) is 0 Å². The lowest BCUT2D eigenvalue weighted by molar-refractivity contribution is -0.00547. The average molecular weight is 373 g/mol. The van der Waals surface area contributed by atoms with Crippen molar-refractivity contribution in [3.63, 3.8) is 0 Å². The van der Waals surface area contributed by atoms with Crippen molar-refractivity contribution >= 4 is 5.91 Å². The third kappa shape index (κ3) is 3.64. The standard InChI is InChI=1S/C19H27N5O3/c1-22(2)11-15-12-24(21-20-15)16-7-13-9-23(10-14(13)8-18(16)26-3)19(25)17-5-4-6-27-17/h4-6,12-14,16,18H,7-11H2,1-3H3/t13-,14+,16-,18-/m1/s1. The fourth-order valence-electron chi connectivity index (χ4n) is 4.52. The monoisotopic (exact) mass is 373 g/mol. The molecule has 3 heterocycles. The molecule has 0 radical (unpaired) electrons. The zero-order valence-electron chi connectivity index (χ0n) is 16.1. The van der Waals surface area contributed by atoms with Crippen molar-refractivity contribution in [3.8, 4) is 0 Å². The Morgan fingerprint density at radius 3 is 2.78 bits per heavy atom. The minimum atomic E-state index is -0.0195. The van der Waals surface area contributed by atoms with Gasteiger partial charge in [-0.05, 0) is 50.9 Å². The van der Waals surface area contributed by atoms with Crippen molar-refractivity contribution in [2.75, 3.05) is 34.3 Å². The fourth-order valence-corrected chi connectivity index (χ4v) is 4.52. The van der Waals surface area contributed by atoms with E-state index in [2.05, 4.69) is 15.2 Å². The number of aromatic nitrogens is 3. The van der Waals surface area contributed by atoms with E-state index in [1.807, 2.05) is 29.9 Å². The van der Waals surface area contributed by atoms with Gasteiger partial charge in [0.15, 0.2) is 5.76 Å². The fraction of sp³-hybridized carbons (Fsp3) is 0.632. The molecule has 1 aliphatic heterocycles. The maximum Gasteiger partial charge on any atom is 0.289 e. The van der Waals surface area contributed by atoms with Crippen molar-refractivity contribution in [2.45, 2.75) is 31.5 Å². The Morgan fingerprint density at radius 1 is 1.33 bits per heavy atom. The van der Waals surface area contributed by atoms with E-state index in [0.717, 1.165) is 38.2 Å². The molecule has 2 fully saturated rings. The van der Waals surface area contributed by atoms with Gasteiger partial charge in [0.05, 0.1) is 30.3 Å². The molecule has 2 aliphatic rings. The Morgan fingerprint density at radius 2 is 2.11 bits per heavy atom. The number of hydrogen-bond donors (Lipinski definition) is 0. The molecule has 146 valence electrons. The lowest BCUT2D eigenvalue weighted by Gasteiger charge is -2.36. The van der Waals surface area contributed by atoms with E-state index in [1.54, 1.807) is 25.5 Å². The molecule has 4 rings (SSSR count). The smallest absolute Gasteiger partial charge is 0.289 e. The van der Waals surface area contributed by atoms with Crippen LogP contribution in [0.4, 0.5) is 0 Å². The summed E-state index contributed by atoms with van der Waals surface area (Å²) >= 11 is 0. The van der Waals surface area contributed by atoms with E-state index in [9.17, 15) is 4.79 Å². The number of nitrogens with zero attached hydrogens (tertiary/aromatic N) is 5. The molecule has 0 unspecified atom stereocenters. The van der Waals surface area contributed by atoms with Crippen LogP contribution in [0.15, 0.2) is 29.0 Å². The largest absolute Gasteiger partial charge is 0.459 e. The first-order chi connectivity index (χ1) is 13.0. The minimum absolute atomic E-state index is 0.0195. The second-order valence-corrected chi connectivity index (χ2v) is 7.95. The summed E-state index contributed by atoms with van der Waals surface area (Å²) in [5.41, 5.74) is 0.957. The molecule has 1 saturated carbocycles. The number of likely N-dealkylation sites (tertiary alicyclic amines) is 1. The zero-order valence-corrected chi connectivity index (χ0v) is 16.1. The Balaban J connectivity index is 1.47. The third-order valence-corrected chi connectivity index (χ3v) is 5.78.